The molecule has 2 heterocycles. The summed E-state index contributed by atoms with van der Waals surface area (Å²) in [4.78, 5) is 29.8. The van der Waals surface area contributed by atoms with Crippen molar-refractivity contribution < 1.29 is 5.11 Å². The number of hydrogen-bond acceptors (Lipinski definition) is 4. The van der Waals surface area contributed by atoms with E-state index in [4.69, 9.17) is 0 Å². The van der Waals surface area contributed by atoms with Crippen molar-refractivity contribution in [2.75, 3.05) is 19.6 Å². The third kappa shape index (κ3) is 2.47. The fraction of sp³-hybridized carbons (Fsp3) is 0.467. The molecule has 21 heavy (non-hydrogen) atoms. The maximum atomic E-state index is 12.6. The summed E-state index contributed by atoms with van der Waals surface area (Å²) in [5.41, 5.74) is -0.288. The van der Waals surface area contributed by atoms with Gasteiger partial charge in [-0.3, -0.25) is 9.36 Å². The van der Waals surface area contributed by atoms with Gasteiger partial charge in [0, 0.05) is 25.2 Å². The van der Waals surface area contributed by atoms with Gasteiger partial charge in [-0.15, -0.1) is 0 Å². The highest BCUT2D eigenvalue weighted by molar-refractivity contribution is 5.78. The molecular formula is C15H19N3O3. The van der Waals surface area contributed by atoms with Crippen LogP contribution in [0.15, 0.2) is 27.8 Å². The Kier molecular flexibility index (Phi) is 3.55. The number of aromatic hydroxyl groups is 1. The minimum absolute atomic E-state index is 0.0338. The van der Waals surface area contributed by atoms with E-state index in [-0.39, 0.29) is 17.4 Å². The second-order valence-electron chi connectivity index (χ2n) is 5.50. The molecule has 6 heteroatoms. The molecule has 3 rings (SSSR count). The van der Waals surface area contributed by atoms with Gasteiger partial charge in [0.2, 0.25) is 0 Å². The fourth-order valence-corrected chi connectivity index (χ4v) is 3.04. The summed E-state index contributed by atoms with van der Waals surface area (Å²) in [5.74, 6) is 0.0338. The Morgan fingerprint density at radius 3 is 2.67 bits per heavy atom. The molecule has 1 fully saturated rings. The number of benzene rings is 1. The first-order valence-corrected chi connectivity index (χ1v) is 7.30. The number of rotatable bonds is 2. The SMILES string of the molecule is CCN1CCC(n2c(=O)[nH]c3cc(O)ccc3c2=O)CC1. The van der Waals surface area contributed by atoms with Crippen LogP contribution in [0.5, 0.6) is 5.75 Å². The van der Waals surface area contributed by atoms with Crippen molar-refractivity contribution in [3.05, 3.63) is 39.0 Å². The molecule has 1 aliphatic rings. The van der Waals surface area contributed by atoms with Gasteiger partial charge < -0.3 is 15.0 Å². The van der Waals surface area contributed by atoms with Gasteiger partial charge in [0.15, 0.2) is 0 Å². The quantitative estimate of drug-likeness (QED) is 0.866. The van der Waals surface area contributed by atoms with Gasteiger partial charge in [-0.2, -0.15) is 0 Å². The zero-order chi connectivity index (χ0) is 15.0. The third-order valence-corrected chi connectivity index (χ3v) is 4.28. The number of nitrogens with one attached hydrogen (secondary N) is 1. The highest BCUT2D eigenvalue weighted by Gasteiger charge is 2.23. The van der Waals surface area contributed by atoms with E-state index < -0.39 is 5.69 Å². The van der Waals surface area contributed by atoms with Crippen LogP contribution in [0, 0.1) is 0 Å². The summed E-state index contributed by atoms with van der Waals surface area (Å²) >= 11 is 0. The first kappa shape index (κ1) is 13.9. The van der Waals surface area contributed by atoms with Gasteiger partial charge in [0.05, 0.1) is 10.9 Å². The highest BCUT2D eigenvalue weighted by atomic mass is 16.3. The molecule has 0 spiro atoms. The Labute approximate surface area is 121 Å². The number of likely N-dealkylation sites (tertiary alicyclic amines) is 1. The smallest absolute Gasteiger partial charge is 0.329 e. The Morgan fingerprint density at radius 1 is 1.29 bits per heavy atom. The maximum Gasteiger partial charge on any atom is 0.329 e. The molecule has 2 aromatic rings. The van der Waals surface area contributed by atoms with Crippen LogP contribution >= 0.6 is 0 Å². The number of fused-ring (bicyclic) bond motifs is 1. The number of nitrogens with zero attached hydrogens (tertiary/aromatic N) is 2. The van der Waals surface area contributed by atoms with E-state index >= 15 is 0 Å². The molecule has 0 bridgehead atoms. The van der Waals surface area contributed by atoms with Crippen LogP contribution in [0.1, 0.15) is 25.8 Å². The van der Waals surface area contributed by atoms with Crippen molar-refractivity contribution in [3.63, 3.8) is 0 Å². The Balaban J connectivity index is 2.05. The lowest BCUT2D eigenvalue weighted by molar-refractivity contribution is 0.190. The molecule has 2 N–H and O–H groups in total. The first-order chi connectivity index (χ1) is 10.1. The van der Waals surface area contributed by atoms with Crippen molar-refractivity contribution in [3.8, 4) is 5.75 Å². The number of aromatic amines is 1. The van der Waals surface area contributed by atoms with Crippen molar-refractivity contribution in [2.45, 2.75) is 25.8 Å². The van der Waals surface area contributed by atoms with E-state index in [1.165, 1.54) is 16.7 Å². The Morgan fingerprint density at radius 2 is 2.00 bits per heavy atom. The number of H-pyrrole nitrogens is 1. The van der Waals surface area contributed by atoms with Gasteiger partial charge >= 0.3 is 5.69 Å². The number of phenols is 1. The van der Waals surface area contributed by atoms with Gasteiger partial charge in [-0.1, -0.05) is 6.92 Å². The van der Waals surface area contributed by atoms with Crippen molar-refractivity contribution in [1.82, 2.24) is 14.5 Å². The van der Waals surface area contributed by atoms with Crippen molar-refractivity contribution in [1.29, 1.82) is 0 Å². The average Bonchev–Trinajstić information content (AvgIpc) is 2.47. The number of hydrogen-bond donors (Lipinski definition) is 2. The van der Waals surface area contributed by atoms with Gasteiger partial charge in [0.1, 0.15) is 5.75 Å². The van der Waals surface area contributed by atoms with E-state index in [0.717, 1.165) is 32.5 Å². The van der Waals surface area contributed by atoms with Gasteiger partial charge in [-0.05, 0) is 31.5 Å². The highest BCUT2D eigenvalue weighted by Crippen LogP contribution is 2.20. The van der Waals surface area contributed by atoms with E-state index in [2.05, 4.69) is 16.8 Å². The van der Waals surface area contributed by atoms with E-state index in [9.17, 15) is 14.7 Å². The second kappa shape index (κ2) is 5.37. The minimum Gasteiger partial charge on any atom is -0.508 e. The lowest BCUT2D eigenvalue weighted by Gasteiger charge is -2.31. The standard InChI is InChI=1S/C15H19N3O3/c1-2-17-7-5-10(6-8-17)18-14(20)12-4-3-11(19)9-13(12)16-15(18)21/h3-4,9-10,19H,2,5-8H2,1H3,(H,16,21). The van der Waals surface area contributed by atoms with E-state index in [1.807, 2.05) is 0 Å². The summed E-state index contributed by atoms with van der Waals surface area (Å²) in [6.45, 7) is 4.91. The predicted molar refractivity (Wildman–Crippen MR) is 80.9 cm³/mol. The van der Waals surface area contributed by atoms with Crippen molar-refractivity contribution in [2.24, 2.45) is 0 Å². The average molecular weight is 289 g/mol. The number of piperidine rings is 1. The zero-order valence-corrected chi connectivity index (χ0v) is 12.0. The molecule has 0 radical (unpaired) electrons. The molecule has 0 aliphatic carbocycles. The molecule has 1 aliphatic heterocycles. The second-order valence-corrected chi connectivity index (χ2v) is 5.50. The molecule has 1 aromatic carbocycles. The molecule has 1 saturated heterocycles. The van der Waals surface area contributed by atoms with Crippen LogP contribution in [0.25, 0.3) is 10.9 Å². The lowest BCUT2D eigenvalue weighted by Crippen LogP contribution is -2.43. The zero-order valence-electron chi connectivity index (χ0n) is 12.0. The fourth-order valence-electron chi connectivity index (χ4n) is 3.04. The topological polar surface area (TPSA) is 78.3 Å². The molecule has 112 valence electrons. The van der Waals surface area contributed by atoms with Crippen LogP contribution in [0.3, 0.4) is 0 Å². The summed E-state index contributed by atoms with van der Waals surface area (Å²) in [6.07, 6.45) is 1.61. The largest absolute Gasteiger partial charge is 0.508 e. The molecule has 0 saturated carbocycles. The Hall–Kier alpha value is -2.08. The molecule has 0 amide bonds. The van der Waals surface area contributed by atoms with E-state index in [0.29, 0.717) is 10.9 Å². The first-order valence-electron chi connectivity index (χ1n) is 7.30. The Bertz CT molecular complexity index is 770. The van der Waals surface area contributed by atoms with E-state index in [1.54, 1.807) is 6.07 Å². The normalized spacial score (nSPS) is 17.4. The maximum absolute atomic E-state index is 12.6. The number of phenolic OH excluding ortho intramolecular Hbond substituents is 1. The molecule has 0 atom stereocenters. The van der Waals surface area contributed by atoms with Gasteiger partial charge in [0.25, 0.3) is 5.56 Å². The summed E-state index contributed by atoms with van der Waals surface area (Å²) in [7, 11) is 0. The minimum atomic E-state index is -0.395. The van der Waals surface area contributed by atoms with Crippen LogP contribution in [-0.4, -0.2) is 39.2 Å². The monoisotopic (exact) mass is 289 g/mol. The molecule has 0 unspecified atom stereocenters. The van der Waals surface area contributed by atoms with Crippen LogP contribution in [0.4, 0.5) is 0 Å². The molecule has 1 aromatic heterocycles. The third-order valence-electron chi connectivity index (χ3n) is 4.28. The molecule has 6 nitrogen and oxygen atoms in total. The summed E-state index contributed by atoms with van der Waals surface area (Å²) in [6, 6.07) is 4.37. The lowest BCUT2D eigenvalue weighted by atomic mass is 10.0. The van der Waals surface area contributed by atoms with Crippen LogP contribution < -0.4 is 11.2 Å². The van der Waals surface area contributed by atoms with Crippen LogP contribution in [-0.2, 0) is 0 Å². The molecular weight excluding hydrogens is 270 g/mol. The number of aromatic nitrogens is 2. The summed E-state index contributed by atoms with van der Waals surface area (Å²) < 4.78 is 1.34. The summed E-state index contributed by atoms with van der Waals surface area (Å²) in [5, 5.41) is 9.89. The van der Waals surface area contributed by atoms with Crippen LogP contribution in [0.2, 0.25) is 0 Å². The van der Waals surface area contributed by atoms with Crippen molar-refractivity contribution >= 4 is 10.9 Å². The predicted octanol–water partition coefficient (Wildman–Crippen LogP) is 1.05. The van der Waals surface area contributed by atoms with Gasteiger partial charge in [-0.25, -0.2) is 4.79 Å².